The molecule has 3 aromatic carbocycles. The molecule has 3 fully saturated rings. The molecule has 1 N–H and O–H groups in total. The second-order valence-corrected chi connectivity index (χ2v) is 13.7. The molecular weight excluding hydrogens is 719 g/mol. The average molecular weight is 757 g/mol. The lowest BCUT2D eigenvalue weighted by atomic mass is 9.82. The third kappa shape index (κ3) is 8.04. The van der Waals surface area contributed by atoms with E-state index in [4.69, 9.17) is 37.4 Å². The van der Waals surface area contributed by atoms with Crippen LogP contribution in [-0.4, -0.2) is 62.0 Å². The smallest absolute Gasteiger partial charge is 0.414 e. The van der Waals surface area contributed by atoms with Crippen molar-refractivity contribution in [3.8, 4) is 11.5 Å². The first kappa shape index (κ1) is 37.1. The molecule has 7 rings (SSSR count). The highest BCUT2D eigenvalue weighted by Crippen LogP contribution is 2.40. The molecule has 1 aromatic heterocycles. The number of carboxylic acids is 1. The van der Waals surface area contributed by atoms with Gasteiger partial charge < -0.3 is 24.5 Å². The monoisotopic (exact) mass is 755 g/mol. The number of carbonyl (C=O) groups is 2. The minimum Gasteiger partial charge on any atom is -0.619 e. The molecule has 0 spiro atoms. The average Bonchev–Trinajstić information content (AvgIpc) is 3.13. The number of hydrogen-bond acceptors (Lipinski definition) is 7. The molecule has 52 heavy (non-hydrogen) atoms. The standard InChI is InChI=1S/C38H37Cl2F2N3O7/c1-50-33-9-7-24(16-34(33)51-2)28(17-30-31(39)19-44(49)20-32(30)40)29-14-22(6-8-27(29)37(46)47)18-45(26-5-3-4-25(15-26)36(41)42)38(48)52-35-21-43-12-10-23(35)11-13-43/h3-9,14-16,19-20,23,28,35-36H,10-13,17-18,21H2,1-2H3,(H,46,47)/t28-,35-/m0/s1. The van der Waals surface area contributed by atoms with Crippen LogP contribution in [0.2, 0.25) is 10.0 Å². The van der Waals surface area contributed by atoms with Crippen LogP contribution in [0.25, 0.3) is 0 Å². The zero-order chi connectivity index (χ0) is 37.1. The molecule has 0 unspecified atom stereocenters. The van der Waals surface area contributed by atoms with E-state index < -0.39 is 24.4 Å². The summed E-state index contributed by atoms with van der Waals surface area (Å²) in [6.07, 6.45) is 0.393. The van der Waals surface area contributed by atoms with Gasteiger partial charge in [0.2, 0.25) is 0 Å². The maximum Gasteiger partial charge on any atom is 0.414 e. The van der Waals surface area contributed by atoms with E-state index in [-0.39, 0.29) is 51.8 Å². The van der Waals surface area contributed by atoms with Gasteiger partial charge >= 0.3 is 12.1 Å². The Labute approximate surface area is 309 Å². The van der Waals surface area contributed by atoms with Crippen LogP contribution in [0, 0.1) is 11.1 Å². The number of methoxy groups -OCH3 is 2. The van der Waals surface area contributed by atoms with Crippen molar-refractivity contribution in [2.75, 3.05) is 38.8 Å². The number of piperidine rings is 3. The lowest BCUT2D eigenvalue weighted by Gasteiger charge is -2.44. The summed E-state index contributed by atoms with van der Waals surface area (Å²) in [5, 5.41) is 22.7. The number of aromatic nitrogens is 1. The van der Waals surface area contributed by atoms with Crippen LogP contribution in [-0.2, 0) is 17.7 Å². The van der Waals surface area contributed by atoms with E-state index in [2.05, 4.69) is 4.90 Å². The second kappa shape index (κ2) is 15.9. The molecule has 274 valence electrons. The molecule has 3 aliphatic heterocycles. The highest BCUT2D eigenvalue weighted by atomic mass is 35.5. The molecule has 4 heterocycles. The van der Waals surface area contributed by atoms with Gasteiger partial charge in [-0.1, -0.05) is 53.5 Å². The number of alkyl halides is 2. The number of ether oxygens (including phenoxy) is 3. The number of aromatic carboxylic acids is 1. The molecule has 10 nitrogen and oxygen atoms in total. The van der Waals surface area contributed by atoms with Gasteiger partial charge in [-0.3, -0.25) is 9.80 Å². The molecule has 3 aliphatic rings. The minimum atomic E-state index is -2.77. The summed E-state index contributed by atoms with van der Waals surface area (Å²) in [4.78, 5) is 30.3. The van der Waals surface area contributed by atoms with Crippen LogP contribution in [0.5, 0.6) is 11.5 Å². The minimum absolute atomic E-state index is 0.0355. The number of fused-ring (bicyclic) bond motifs is 3. The third-order valence-corrected chi connectivity index (χ3v) is 10.5. The van der Waals surface area contributed by atoms with Crippen molar-refractivity contribution in [1.82, 2.24) is 4.90 Å². The third-order valence-electron chi connectivity index (χ3n) is 9.84. The molecule has 2 bridgehead atoms. The first-order chi connectivity index (χ1) is 24.9. The van der Waals surface area contributed by atoms with E-state index in [1.165, 1.54) is 43.4 Å². The Bertz CT molecular complexity index is 1930. The fourth-order valence-corrected chi connectivity index (χ4v) is 7.71. The Kier molecular flexibility index (Phi) is 11.4. The maximum atomic E-state index is 14.0. The van der Waals surface area contributed by atoms with E-state index in [9.17, 15) is 28.7 Å². The summed E-state index contributed by atoms with van der Waals surface area (Å²) in [5.74, 6) is -0.889. The summed E-state index contributed by atoms with van der Waals surface area (Å²) in [6.45, 7) is 2.36. The number of pyridine rings is 1. The van der Waals surface area contributed by atoms with Crippen molar-refractivity contribution in [2.24, 2.45) is 5.92 Å². The summed E-state index contributed by atoms with van der Waals surface area (Å²) in [5.41, 5.74) is 1.78. The lowest BCUT2D eigenvalue weighted by molar-refractivity contribution is -0.605. The largest absolute Gasteiger partial charge is 0.619 e. The Morgan fingerprint density at radius 2 is 1.69 bits per heavy atom. The Morgan fingerprint density at radius 3 is 2.31 bits per heavy atom. The predicted molar refractivity (Wildman–Crippen MR) is 191 cm³/mol. The van der Waals surface area contributed by atoms with E-state index in [0.717, 1.165) is 38.3 Å². The van der Waals surface area contributed by atoms with Crippen molar-refractivity contribution in [3.63, 3.8) is 0 Å². The molecule has 14 heteroatoms. The molecule has 0 saturated carbocycles. The fourth-order valence-electron chi connectivity index (χ4n) is 7.11. The summed E-state index contributed by atoms with van der Waals surface area (Å²) < 4.78 is 45.2. The van der Waals surface area contributed by atoms with Crippen molar-refractivity contribution in [2.45, 2.75) is 44.3 Å². The normalized spacial score (nSPS) is 18.6. The van der Waals surface area contributed by atoms with Crippen LogP contribution in [0.4, 0.5) is 19.3 Å². The van der Waals surface area contributed by atoms with Crippen LogP contribution < -0.4 is 19.1 Å². The van der Waals surface area contributed by atoms with Gasteiger partial charge in [-0.25, -0.2) is 18.4 Å². The molecule has 4 aromatic rings. The van der Waals surface area contributed by atoms with Crippen LogP contribution in [0.3, 0.4) is 0 Å². The van der Waals surface area contributed by atoms with Crippen molar-refractivity contribution >= 4 is 41.0 Å². The highest BCUT2D eigenvalue weighted by Gasteiger charge is 2.38. The maximum absolute atomic E-state index is 14.0. The van der Waals surface area contributed by atoms with Gasteiger partial charge in [-0.2, -0.15) is 4.73 Å². The number of carboxylic acid groups (broad SMARTS) is 1. The SMILES string of the molecule is COc1ccc([C@H](Cc2c(Cl)c[n+]([O-])cc2Cl)c2cc(CN(C(=O)O[C@H]3CN4CCC3CC4)c3cccc(C(F)F)c3)ccc2C(=O)O)cc1OC. The first-order valence-electron chi connectivity index (χ1n) is 16.7. The van der Waals surface area contributed by atoms with Gasteiger partial charge in [0.1, 0.15) is 16.1 Å². The molecule has 0 radical (unpaired) electrons. The van der Waals surface area contributed by atoms with Crippen LogP contribution in [0.15, 0.2) is 73.1 Å². The summed E-state index contributed by atoms with van der Waals surface area (Å²) in [6, 6.07) is 15.4. The van der Waals surface area contributed by atoms with Gasteiger partial charge in [0.15, 0.2) is 23.9 Å². The number of anilines is 1. The van der Waals surface area contributed by atoms with E-state index >= 15 is 0 Å². The Morgan fingerprint density at radius 1 is 0.981 bits per heavy atom. The molecule has 3 saturated heterocycles. The van der Waals surface area contributed by atoms with Gasteiger partial charge in [0.05, 0.1) is 26.3 Å². The summed E-state index contributed by atoms with van der Waals surface area (Å²) in [7, 11) is 2.97. The fraction of sp³-hybridized carbons (Fsp3) is 0.342. The Hall–Kier alpha value is -4.65. The lowest BCUT2D eigenvalue weighted by Crippen LogP contribution is -2.53. The molecule has 2 atom stereocenters. The van der Waals surface area contributed by atoms with Crippen molar-refractivity contribution in [3.05, 3.63) is 122 Å². The van der Waals surface area contributed by atoms with Gasteiger partial charge in [-0.15, -0.1) is 0 Å². The molecule has 1 amide bonds. The number of amides is 1. The summed E-state index contributed by atoms with van der Waals surface area (Å²) >= 11 is 13.0. The second-order valence-electron chi connectivity index (χ2n) is 12.9. The van der Waals surface area contributed by atoms with E-state index in [0.29, 0.717) is 45.0 Å². The van der Waals surface area contributed by atoms with E-state index in [1.807, 2.05) is 0 Å². The number of nitrogens with zero attached hydrogens (tertiary/aromatic N) is 3. The number of hydrogen-bond donors (Lipinski definition) is 1. The highest BCUT2D eigenvalue weighted by molar-refractivity contribution is 6.35. The van der Waals surface area contributed by atoms with E-state index in [1.54, 1.807) is 36.4 Å². The molecular formula is C38H37Cl2F2N3O7. The van der Waals surface area contributed by atoms with Crippen molar-refractivity contribution in [1.29, 1.82) is 0 Å². The number of carbonyl (C=O) groups excluding carboxylic acids is 1. The topological polar surface area (TPSA) is 115 Å². The number of halogens is 4. The van der Waals surface area contributed by atoms with Crippen LogP contribution >= 0.6 is 23.2 Å². The molecule has 0 aliphatic carbocycles. The predicted octanol–water partition coefficient (Wildman–Crippen LogP) is 7.89. The number of rotatable bonds is 12. The first-order valence-corrected chi connectivity index (χ1v) is 17.4. The number of benzene rings is 3. The Balaban J connectivity index is 1.44. The quantitative estimate of drug-likeness (QED) is 0.115. The van der Waals surface area contributed by atoms with Gasteiger partial charge in [0, 0.05) is 29.3 Å². The zero-order valence-corrected chi connectivity index (χ0v) is 29.9. The van der Waals surface area contributed by atoms with Crippen LogP contribution in [0.1, 0.15) is 63.4 Å². The zero-order valence-electron chi connectivity index (χ0n) is 28.4. The van der Waals surface area contributed by atoms with Gasteiger partial charge in [0.25, 0.3) is 6.43 Å². The van der Waals surface area contributed by atoms with Gasteiger partial charge in [-0.05, 0) is 85.3 Å². The van der Waals surface area contributed by atoms with Crippen molar-refractivity contribution < 1.29 is 42.4 Å².